The highest BCUT2D eigenvalue weighted by Gasteiger charge is 2.21. The van der Waals surface area contributed by atoms with Crippen molar-refractivity contribution in [3.8, 4) is 0 Å². The Bertz CT molecular complexity index is 596. The van der Waals surface area contributed by atoms with Crippen LogP contribution in [0.15, 0.2) is 24.3 Å². The Balaban J connectivity index is 2.46. The monoisotopic (exact) mass is 262 g/mol. The summed E-state index contributed by atoms with van der Waals surface area (Å²) >= 11 is 0. The van der Waals surface area contributed by atoms with Gasteiger partial charge in [0.2, 0.25) is 0 Å². The highest BCUT2D eigenvalue weighted by Crippen LogP contribution is 2.20. The molecule has 102 valence electrons. The van der Waals surface area contributed by atoms with Crippen molar-refractivity contribution in [3.05, 3.63) is 30.0 Å². The summed E-state index contributed by atoms with van der Waals surface area (Å²) in [6.45, 7) is 5.43. The van der Waals surface area contributed by atoms with Crippen LogP contribution < -0.4 is 0 Å². The van der Waals surface area contributed by atoms with Crippen LogP contribution in [0, 0.1) is 0 Å². The molecule has 0 aliphatic heterocycles. The molecule has 2 rings (SSSR count). The number of aromatic nitrogens is 2. The predicted octanol–water partition coefficient (Wildman–Crippen LogP) is 2.35. The van der Waals surface area contributed by atoms with E-state index >= 15 is 0 Å². The molecule has 19 heavy (non-hydrogen) atoms. The standard InChI is InChI=1S/C14H18N2O3/c1-14(2,3)19-13(18)16-12-7-5-4-6-10(12)11(15-16)8-9-17/h4-7,17H,8-9H2,1-3H3. The van der Waals surface area contributed by atoms with Gasteiger partial charge in [-0.25, -0.2) is 4.79 Å². The number of nitrogens with zero attached hydrogens (tertiary/aromatic N) is 2. The third kappa shape index (κ3) is 2.93. The van der Waals surface area contributed by atoms with Crippen molar-refractivity contribution >= 4 is 17.0 Å². The summed E-state index contributed by atoms with van der Waals surface area (Å²) in [7, 11) is 0. The molecule has 1 aromatic heterocycles. The molecule has 0 unspecified atom stereocenters. The Morgan fingerprint density at radius 2 is 2.05 bits per heavy atom. The summed E-state index contributed by atoms with van der Waals surface area (Å²) in [6, 6.07) is 7.42. The quantitative estimate of drug-likeness (QED) is 0.902. The van der Waals surface area contributed by atoms with E-state index in [4.69, 9.17) is 9.84 Å². The zero-order valence-electron chi connectivity index (χ0n) is 11.4. The van der Waals surface area contributed by atoms with Gasteiger partial charge in [0.1, 0.15) is 5.60 Å². The average Bonchev–Trinajstić information content (AvgIpc) is 2.67. The molecule has 0 saturated heterocycles. The van der Waals surface area contributed by atoms with Crippen LogP contribution in [0.5, 0.6) is 0 Å². The fraction of sp³-hybridized carbons (Fsp3) is 0.429. The van der Waals surface area contributed by atoms with E-state index in [0.717, 1.165) is 5.39 Å². The average molecular weight is 262 g/mol. The summed E-state index contributed by atoms with van der Waals surface area (Å²) in [5.41, 5.74) is 0.825. The zero-order valence-corrected chi connectivity index (χ0v) is 11.4. The van der Waals surface area contributed by atoms with Crippen molar-refractivity contribution in [1.82, 2.24) is 9.78 Å². The number of para-hydroxylation sites is 1. The minimum Gasteiger partial charge on any atom is -0.442 e. The van der Waals surface area contributed by atoms with Crippen LogP contribution in [-0.2, 0) is 11.2 Å². The van der Waals surface area contributed by atoms with E-state index in [-0.39, 0.29) is 6.61 Å². The Labute approximate surface area is 111 Å². The number of aliphatic hydroxyl groups excluding tert-OH is 1. The van der Waals surface area contributed by atoms with Crippen molar-refractivity contribution in [2.45, 2.75) is 32.8 Å². The topological polar surface area (TPSA) is 64.4 Å². The third-order valence-corrected chi connectivity index (χ3v) is 2.58. The molecule has 1 heterocycles. The number of benzene rings is 1. The summed E-state index contributed by atoms with van der Waals surface area (Å²) in [5, 5.41) is 14.2. The smallest absolute Gasteiger partial charge is 0.435 e. The normalized spacial score (nSPS) is 11.8. The number of carbonyl (C=O) groups excluding carboxylic acids is 1. The Morgan fingerprint density at radius 3 is 2.68 bits per heavy atom. The molecule has 0 aliphatic rings. The molecule has 0 fully saturated rings. The van der Waals surface area contributed by atoms with E-state index in [0.29, 0.717) is 17.6 Å². The number of fused-ring (bicyclic) bond motifs is 1. The second kappa shape index (κ2) is 5.01. The first-order valence-corrected chi connectivity index (χ1v) is 6.23. The number of hydrogen-bond acceptors (Lipinski definition) is 4. The molecule has 5 nitrogen and oxygen atoms in total. The molecule has 1 N–H and O–H groups in total. The fourth-order valence-corrected chi connectivity index (χ4v) is 1.87. The van der Waals surface area contributed by atoms with Gasteiger partial charge >= 0.3 is 6.09 Å². The van der Waals surface area contributed by atoms with Crippen LogP contribution in [0.2, 0.25) is 0 Å². The third-order valence-electron chi connectivity index (χ3n) is 2.58. The first-order valence-electron chi connectivity index (χ1n) is 6.23. The SMILES string of the molecule is CC(C)(C)OC(=O)n1nc(CCO)c2ccccc21. The van der Waals surface area contributed by atoms with Gasteiger partial charge in [0.15, 0.2) is 0 Å². The molecule has 0 amide bonds. The van der Waals surface area contributed by atoms with Gasteiger partial charge in [0.25, 0.3) is 0 Å². The van der Waals surface area contributed by atoms with E-state index in [1.165, 1.54) is 4.68 Å². The van der Waals surface area contributed by atoms with E-state index in [1.54, 1.807) is 0 Å². The van der Waals surface area contributed by atoms with Crippen LogP contribution in [0.4, 0.5) is 4.79 Å². The van der Waals surface area contributed by atoms with Crippen LogP contribution in [0.1, 0.15) is 26.5 Å². The van der Waals surface area contributed by atoms with Crippen molar-refractivity contribution in [2.75, 3.05) is 6.61 Å². The van der Waals surface area contributed by atoms with E-state index in [2.05, 4.69) is 5.10 Å². The number of rotatable bonds is 2. The number of ether oxygens (including phenoxy) is 1. The Morgan fingerprint density at radius 1 is 1.37 bits per heavy atom. The maximum absolute atomic E-state index is 12.1. The molecule has 0 spiro atoms. The maximum Gasteiger partial charge on any atom is 0.435 e. The first kappa shape index (κ1) is 13.5. The highest BCUT2D eigenvalue weighted by molar-refractivity contribution is 5.89. The lowest BCUT2D eigenvalue weighted by molar-refractivity contribution is 0.0521. The molecule has 0 aliphatic carbocycles. The summed E-state index contributed by atoms with van der Waals surface area (Å²) in [5.74, 6) is 0. The van der Waals surface area contributed by atoms with Gasteiger partial charge < -0.3 is 9.84 Å². The lowest BCUT2D eigenvalue weighted by Crippen LogP contribution is -2.27. The molecular weight excluding hydrogens is 244 g/mol. The van der Waals surface area contributed by atoms with Crippen LogP contribution in [-0.4, -0.2) is 33.2 Å². The number of aliphatic hydroxyl groups is 1. The largest absolute Gasteiger partial charge is 0.442 e. The van der Waals surface area contributed by atoms with Gasteiger partial charge in [-0.15, -0.1) is 0 Å². The fourth-order valence-electron chi connectivity index (χ4n) is 1.87. The lowest BCUT2D eigenvalue weighted by Gasteiger charge is -2.19. The molecule has 0 radical (unpaired) electrons. The van der Waals surface area contributed by atoms with Crippen molar-refractivity contribution < 1.29 is 14.6 Å². The van der Waals surface area contributed by atoms with Gasteiger partial charge in [-0.05, 0) is 26.8 Å². The first-order chi connectivity index (χ1) is 8.92. The second-order valence-electron chi connectivity index (χ2n) is 5.33. The highest BCUT2D eigenvalue weighted by atomic mass is 16.6. The number of hydrogen-bond donors (Lipinski definition) is 1. The van der Waals surface area contributed by atoms with Crippen LogP contribution >= 0.6 is 0 Å². The molecule has 0 atom stereocenters. The lowest BCUT2D eigenvalue weighted by atomic mass is 10.2. The van der Waals surface area contributed by atoms with Gasteiger partial charge in [0.05, 0.1) is 11.2 Å². The minimum absolute atomic E-state index is 0.00464. The predicted molar refractivity (Wildman–Crippen MR) is 72.2 cm³/mol. The van der Waals surface area contributed by atoms with E-state index < -0.39 is 11.7 Å². The maximum atomic E-state index is 12.1. The molecular formula is C14H18N2O3. The van der Waals surface area contributed by atoms with Gasteiger partial charge in [0, 0.05) is 18.4 Å². The van der Waals surface area contributed by atoms with E-state index in [1.807, 2.05) is 45.0 Å². The molecule has 5 heteroatoms. The second-order valence-corrected chi connectivity index (χ2v) is 5.33. The zero-order chi connectivity index (χ0) is 14.0. The van der Waals surface area contributed by atoms with Gasteiger partial charge in [-0.1, -0.05) is 18.2 Å². The van der Waals surface area contributed by atoms with Gasteiger partial charge in [-0.2, -0.15) is 9.78 Å². The summed E-state index contributed by atoms with van der Waals surface area (Å²) in [6.07, 6.45) is -0.0936. The van der Waals surface area contributed by atoms with E-state index in [9.17, 15) is 4.79 Å². The minimum atomic E-state index is -0.568. The molecule has 0 saturated carbocycles. The Hall–Kier alpha value is -1.88. The summed E-state index contributed by atoms with van der Waals surface area (Å²) < 4.78 is 6.58. The summed E-state index contributed by atoms with van der Waals surface area (Å²) in [4.78, 5) is 12.1. The molecule has 1 aromatic carbocycles. The molecule has 0 bridgehead atoms. The van der Waals surface area contributed by atoms with Crippen molar-refractivity contribution in [1.29, 1.82) is 0 Å². The number of carbonyl (C=O) groups is 1. The van der Waals surface area contributed by atoms with Gasteiger partial charge in [-0.3, -0.25) is 0 Å². The van der Waals surface area contributed by atoms with Crippen molar-refractivity contribution in [2.24, 2.45) is 0 Å². The van der Waals surface area contributed by atoms with Crippen molar-refractivity contribution in [3.63, 3.8) is 0 Å². The Kier molecular flexibility index (Phi) is 3.57. The van der Waals surface area contributed by atoms with Crippen LogP contribution in [0.25, 0.3) is 10.9 Å². The molecule has 2 aromatic rings. The van der Waals surface area contributed by atoms with Crippen LogP contribution in [0.3, 0.4) is 0 Å².